The van der Waals surface area contributed by atoms with Crippen LogP contribution < -0.4 is 0 Å². The molecular weight excluding hydrogens is 658 g/mol. The predicted molar refractivity (Wildman–Crippen MR) is 175 cm³/mol. The molecule has 0 amide bonds. The fourth-order valence-corrected chi connectivity index (χ4v) is 6.82. The van der Waals surface area contributed by atoms with Crippen LogP contribution in [0.3, 0.4) is 0 Å². The van der Waals surface area contributed by atoms with Gasteiger partial charge in [0, 0.05) is 35.0 Å². The maximum Gasteiger partial charge on any atom is 0.156 e. The average Bonchev–Trinajstić information content (AvgIpc) is 3.64. The van der Waals surface area contributed by atoms with Gasteiger partial charge in [-0.15, -0.1) is 0 Å². The second-order valence-corrected chi connectivity index (χ2v) is 11.9. The highest BCUT2D eigenvalue weighted by Gasteiger charge is 2.44. The lowest BCUT2D eigenvalue weighted by atomic mass is 9.70. The number of nitrogens with zero attached hydrogens (tertiary/aromatic N) is 4. The van der Waals surface area contributed by atoms with E-state index in [1.807, 2.05) is 28.8 Å². The Kier molecular flexibility index (Phi) is 7.04. The van der Waals surface area contributed by atoms with Crippen molar-refractivity contribution in [3.63, 3.8) is 0 Å². The minimum Gasteiger partial charge on any atom is -0.293 e. The molecule has 7 heteroatoms. The van der Waals surface area contributed by atoms with E-state index < -0.39 is 5.54 Å². The maximum atomic E-state index is 14.1. The zero-order valence-corrected chi connectivity index (χ0v) is 25.3. The molecular formula is C35H25ClFIN4. The number of allylic oxidation sites excluding steroid dienone is 4. The van der Waals surface area contributed by atoms with Gasteiger partial charge >= 0.3 is 0 Å². The molecule has 42 heavy (non-hydrogen) atoms. The topological polar surface area (TPSA) is 35.1 Å². The summed E-state index contributed by atoms with van der Waals surface area (Å²) in [6, 6.07) is 29.5. The van der Waals surface area contributed by atoms with Crippen LogP contribution >= 0.6 is 34.2 Å². The number of halogens is 3. The third-order valence-electron chi connectivity index (χ3n) is 7.97. The average molecular weight is 683 g/mol. The normalized spacial score (nSPS) is 15.0. The number of imidazole rings is 1. The number of rotatable bonds is 6. The molecule has 7 rings (SSSR count). The lowest BCUT2D eigenvalue weighted by Gasteiger charge is -2.41. The first-order chi connectivity index (χ1) is 20.6. The summed E-state index contributed by atoms with van der Waals surface area (Å²) in [5, 5.41) is 5.92. The first-order valence-electron chi connectivity index (χ1n) is 13.7. The van der Waals surface area contributed by atoms with E-state index in [-0.39, 0.29) is 11.7 Å². The van der Waals surface area contributed by atoms with Gasteiger partial charge in [-0.05, 0) is 70.5 Å². The van der Waals surface area contributed by atoms with E-state index in [9.17, 15) is 4.39 Å². The highest BCUT2D eigenvalue weighted by Crippen LogP contribution is 2.46. The van der Waals surface area contributed by atoms with Gasteiger partial charge in [-0.1, -0.05) is 96.6 Å². The quantitative estimate of drug-likeness (QED) is 0.164. The molecule has 0 spiro atoms. The molecule has 4 nitrogen and oxygen atoms in total. The summed E-state index contributed by atoms with van der Waals surface area (Å²) >= 11 is 9.03. The van der Waals surface area contributed by atoms with Gasteiger partial charge in [0.05, 0.1) is 11.2 Å². The van der Waals surface area contributed by atoms with Gasteiger partial charge in [-0.25, -0.2) is 9.37 Å². The first-order valence-corrected chi connectivity index (χ1v) is 15.1. The van der Waals surface area contributed by atoms with E-state index in [0.717, 1.165) is 43.6 Å². The van der Waals surface area contributed by atoms with E-state index in [1.54, 1.807) is 18.3 Å². The summed E-state index contributed by atoms with van der Waals surface area (Å²) < 4.78 is 19.1. The molecule has 0 saturated heterocycles. The molecule has 6 aromatic rings. The van der Waals surface area contributed by atoms with Gasteiger partial charge in [-0.2, -0.15) is 5.10 Å². The molecule has 0 aliphatic heterocycles. The molecule has 206 valence electrons. The van der Waals surface area contributed by atoms with Crippen molar-refractivity contribution in [2.45, 2.75) is 12.0 Å². The highest BCUT2D eigenvalue weighted by molar-refractivity contribution is 14.1. The number of aromatic nitrogens is 4. The monoisotopic (exact) mass is 682 g/mol. The first kappa shape index (κ1) is 26.9. The second-order valence-electron chi connectivity index (χ2n) is 10.3. The third-order valence-corrected chi connectivity index (χ3v) is 9.04. The summed E-state index contributed by atoms with van der Waals surface area (Å²) in [5.74, 6) is -0.221. The van der Waals surface area contributed by atoms with Gasteiger partial charge in [0.15, 0.2) is 5.65 Å². The van der Waals surface area contributed by atoms with Crippen molar-refractivity contribution >= 4 is 39.8 Å². The van der Waals surface area contributed by atoms with Crippen LogP contribution in [0.1, 0.15) is 17.5 Å². The van der Waals surface area contributed by atoms with Gasteiger partial charge in [0.25, 0.3) is 0 Å². The van der Waals surface area contributed by atoms with E-state index in [2.05, 4.69) is 111 Å². The van der Waals surface area contributed by atoms with Gasteiger partial charge in [0.2, 0.25) is 0 Å². The van der Waals surface area contributed by atoms with Gasteiger partial charge < -0.3 is 0 Å². The Morgan fingerprint density at radius 3 is 2.19 bits per heavy atom. The Hall–Kier alpha value is -4.01. The molecule has 3 aromatic carbocycles. The lowest BCUT2D eigenvalue weighted by molar-refractivity contribution is 0.293. The summed E-state index contributed by atoms with van der Waals surface area (Å²) in [6.07, 6.45) is 15.5. The van der Waals surface area contributed by atoms with E-state index >= 15 is 0 Å². The molecule has 0 radical (unpaired) electrons. The van der Waals surface area contributed by atoms with Crippen LogP contribution in [0, 0.1) is 15.4 Å². The lowest BCUT2D eigenvalue weighted by Crippen LogP contribution is -2.43. The Bertz CT molecular complexity index is 1900. The molecule has 1 atom stereocenters. The molecule has 0 bridgehead atoms. The van der Waals surface area contributed by atoms with Crippen LogP contribution in [0.5, 0.6) is 0 Å². The van der Waals surface area contributed by atoms with Gasteiger partial charge in [0.1, 0.15) is 20.8 Å². The summed E-state index contributed by atoms with van der Waals surface area (Å²) in [4.78, 5) is 4.47. The van der Waals surface area contributed by atoms with Crippen molar-refractivity contribution < 1.29 is 4.39 Å². The SMILES string of the molecule is Fc1ccc(-c2nn(C(c3ccccc3)(c3ccccc3)C3C=CC=CC3)cc2-c2cc(Cl)c3ncc(I)n3c2)cc1. The van der Waals surface area contributed by atoms with Crippen molar-refractivity contribution in [3.8, 4) is 22.4 Å². The molecule has 1 unspecified atom stereocenters. The second kappa shape index (κ2) is 11.0. The number of hydrogen-bond donors (Lipinski definition) is 0. The van der Waals surface area contributed by atoms with Crippen LogP contribution in [0.15, 0.2) is 134 Å². The van der Waals surface area contributed by atoms with Crippen molar-refractivity contribution in [2.24, 2.45) is 5.92 Å². The van der Waals surface area contributed by atoms with Crippen molar-refractivity contribution in [1.82, 2.24) is 19.2 Å². The largest absolute Gasteiger partial charge is 0.293 e. The standard InChI is InChI=1S/C35H25ClFIN4/c36-31-20-25(22-41-32(38)21-39-34(31)41)30-23-42(40-33(30)24-16-18-29(37)19-17-24)35(26-10-4-1-5-11-26,27-12-6-2-7-13-27)28-14-8-3-9-15-28/h1-14,16-23,28H,15H2. The van der Waals surface area contributed by atoms with Crippen LogP contribution in [0.2, 0.25) is 5.02 Å². The van der Waals surface area contributed by atoms with Crippen molar-refractivity contribution in [3.05, 3.63) is 160 Å². The fourth-order valence-electron chi connectivity index (χ4n) is 6.06. The van der Waals surface area contributed by atoms with Crippen LogP contribution in [-0.2, 0) is 5.54 Å². The Labute approximate surface area is 262 Å². The van der Waals surface area contributed by atoms with Crippen LogP contribution in [0.4, 0.5) is 4.39 Å². The fraction of sp³-hybridized carbons (Fsp3) is 0.0857. The Morgan fingerprint density at radius 1 is 0.857 bits per heavy atom. The molecule has 0 N–H and O–H groups in total. The predicted octanol–water partition coefficient (Wildman–Crippen LogP) is 9.19. The Balaban J connectivity index is 1.56. The van der Waals surface area contributed by atoms with Crippen molar-refractivity contribution in [2.75, 3.05) is 0 Å². The zero-order chi connectivity index (χ0) is 28.7. The molecule has 1 aliphatic rings. The minimum atomic E-state index is -0.672. The van der Waals surface area contributed by atoms with Crippen LogP contribution in [0.25, 0.3) is 28.0 Å². The zero-order valence-electron chi connectivity index (χ0n) is 22.4. The number of benzene rings is 3. The molecule has 3 aromatic heterocycles. The molecule has 3 heterocycles. The third kappa shape index (κ3) is 4.50. The summed E-state index contributed by atoms with van der Waals surface area (Å²) in [6.45, 7) is 0. The van der Waals surface area contributed by atoms with Gasteiger partial charge in [-0.3, -0.25) is 9.08 Å². The summed E-state index contributed by atoms with van der Waals surface area (Å²) in [5.41, 5.74) is 5.61. The van der Waals surface area contributed by atoms with E-state index in [0.29, 0.717) is 10.7 Å². The number of fused-ring (bicyclic) bond motifs is 1. The summed E-state index contributed by atoms with van der Waals surface area (Å²) in [7, 11) is 0. The van der Waals surface area contributed by atoms with E-state index in [1.165, 1.54) is 12.1 Å². The number of pyridine rings is 1. The maximum absolute atomic E-state index is 14.1. The Morgan fingerprint density at radius 2 is 1.55 bits per heavy atom. The van der Waals surface area contributed by atoms with Crippen LogP contribution in [-0.4, -0.2) is 19.2 Å². The number of hydrogen-bond acceptors (Lipinski definition) is 2. The highest BCUT2D eigenvalue weighted by atomic mass is 127. The molecule has 0 saturated carbocycles. The van der Waals surface area contributed by atoms with E-state index in [4.69, 9.17) is 16.7 Å². The molecule has 0 fully saturated rings. The minimum absolute atomic E-state index is 0.0711. The molecule has 1 aliphatic carbocycles. The smallest absolute Gasteiger partial charge is 0.156 e. The van der Waals surface area contributed by atoms with Crippen molar-refractivity contribution in [1.29, 1.82) is 0 Å².